The average Bonchev–Trinajstić information content (AvgIpc) is 2.44. The SMILES string of the molecule is CC(C)COc1ccccc1C(=O)Nc1cc(Cl)cc(Cl)c1. The molecular formula is C17H17Cl2NO2. The highest BCUT2D eigenvalue weighted by Crippen LogP contribution is 2.24. The summed E-state index contributed by atoms with van der Waals surface area (Å²) in [5.74, 6) is 0.669. The van der Waals surface area contributed by atoms with Crippen molar-refractivity contribution >= 4 is 34.8 Å². The molecule has 0 aliphatic carbocycles. The van der Waals surface area contributed by atoms with Crippen molar-refractivity contribution in [2.75, 3.05) is 11.9 Å². The first-order valence-electron chi connectivity index (χ1n) is 6.95. The second-order valence-corrected chi connectivity index (χ2v) is 6.19. The van der Waals surface area contributed by atoms with Crippen molar-refractivity contribution in [3.8, 4) is 5.75 Å². The van der Waals surface area contributed by atoms with Crippen LogP contribution in [0.3, 0.4) is 0 Å². The molecule has 116 valence electrons. The molecule has 22 heavy (non-hydrogen) atoms. The molecule has 1 N–H and O–H groups in total. The van der Waals surface area contributed by atoms with Gasteiger partial charge in [0.25, 0.3) is 5.91 Å². The van der Waals surface area contributed by atoms with Crippen LogP contribution in [0.25, 0.3) is 0 Å². The van der Waals surface area contributed by atoms with Crippen LogP contribution >= 0.6 is 23.2 Å². The number of benzene rings is 2. The molecule has 0 aliphatic rings. The van der Waals surface area contributed by atoms with Crippen LogP contribution in [0.5, 0.6) is 5.75 Å². The highest BCUT2D eigenvalue weighted by atomic mass is 35.5. The lowest BCUT2D eigenvalue weighted by molar-refractivity contribution is 0.102. The summed E-state index contributed by atoms with van der Waals surface area (Å²) in [5.41, 5.74) is 1.01. The fraction of sp³-hybridized carbons (Fsp3) is 0.235. The van der Waals surface area contributed by atoms with Crippen LogP contribution in [0.15, 0.2) is 42.5 Å². The first kappa shape index (κ1) is 16.7. The molecule has 0 aliphatic heterocycles. The van der Waals surface area contributed by atoms with Crippen LogP contribution in [-0.2, 0) is 0 Å². The van der Waals surface area contributed by atoms with Gasteiger partial charge in [-0.05, 0) is 36.2 Å². The van der Waals surface area contributed by atoms with E-state index in [2.05, 4.69) is 19.2 Å². The van der Waals surface area contributed by atoms with Gasteiger partial charge in [-0.2, -0.15) is 0 Å². The molecule has 2 aromatic carbocycles. The third kappa shape index (κ3) is 4.65. The lowest BCUT2D eigenvalue weighted by atomic mass is 10.1. The highest BCUT2D eigenvalue weighted by Gasteiger charge is 2.13. The number of hydrogen-bond acceptors (Lipinski definition) is 2. The maximum absolute atomic E-state index is 12.4. The van der Waals surface area contributed by atoms with Crippen LogP contribution in [0, 0.1) is 5.92 Å². The fourth-order valence-corrected chi connectivity index (χ4v) is 2.39. The lowest BCUT2D eigenvalue weighted by Crippen LogP contribution is -2.15. The number of rotatable bonds is 5. The van der Waals surface area contributed by atoms with Gasteiger partial charge in [-0.1, -0.05) is 49.2 Å². The van der Waals surface area contributed by atoms with Gasteiger partial charge in [0, 0.05) is 15.7 Å². The number of carbonyl (C=O) groups is 1. The molecule has 0 radical (unpaired) electrons. The summed E-state index contributed by atoms with van der Waals surface area (Å²) in [4.78, 5) is 12.4. The molecule has 0 unspecified atom stereocenters. The second-order valence-electron chi connectivity index (χ2n) is 5.31. The maximum Gasteiger partial charge on any atom is 0.259 e. The monoisotopic (exact) mass is 337 g/mol. The van der Waals surface area contributed by atoms with Gasteiger partial charge >= 0.3 is 0 Å². The van der Waals surface area contributed by atoms with E-state index in [-0.39, 0.29) is 5.91 Å². The Morgan fingerprint density at radius 3 is 2.41 bits per heavy atom. The van der Waals surface area contributed by atoms with Gasteiger partial charge < -0.3 is 10.1 Å². The molecule has 3 nitrogen and oxygen atoms in total. The van der Waals surface area contributed by atoms with Crippen LogP contribution in [0.4, 0.5) is 5.69 Å². The van der Waals surface area contributed by atoms with E-state index in [1.54, 1.807) is 36.4 Å². The van der Waals surface area contributed by atoms with Gasteiger partial charge in [0.05, 0.1) is 12.2 Å². The Kier molecular flexibility index (Phi) is 5.69. The molecule has 0 spiro atoms. The average molecular weight is 338 g/mol. The van der Waals surface area contributed by atoms with Gasteiger partial charge in [-0.25, -0.2) is 0 Å². The third-order valence-corrected chi connectivity index (χ3v) is 3.26. The molecule has 1 amide bonds. The fourth-order valence-electron chi connectivity index (χ4n) is 1.86. The van der Waals surface area contributed by atoms with Crippen molar-refractivity contribution < 1.29 is 9.53 Å². The van der Waals surface area contributed by atoms with Gasteiger partial charge in [0.2, 0.25) is 0 Å². The predicted molar refractivity (Wildman–Crippen MR) is 91.2 cm³/mol. The molecule has 2 rings (SSSR count). The van der Waals surface area contributed by atoms with Crippen molar-refractivity contribution in [2.24, 2.45) is 5.92 Å². The van der Waals surface area contributed by atoms with Crippen molar-refractivity contribution in [3.63, 3.8) is 0 Å². The van der Waals surface area contributed by atoms with Crippen LogP contribution in [-0.4, -0.2) is 12.5 Å². The van der Waals surface area contributed by atoms with E-state index in [0.29, 0.717) is 39.6 Å². The Morgan fingerprint density at radius 1 is 1.14 bits per heavy atom. The predicted octanol–water partition coefficient (Wildman–Crippen LogP) is 5.28. The number of halogens is 2. The first-order valence-corrected chi connectivity index (χ1v) is 7.70. The van der Waals surface area contributed by atoms with Gasteiger partial charge in [0.1, 0.15) is 5.75 Å². The molecule has 2 aromatic rings. The minimum absolute atomic E-state index is 0.266. The molecule has 0 heterocycles. The zero-order valence-corrected chi connectivity index (χ0v) is 13.9. The summed E-state index contributed by atoms with van der Waals surface area (Å²) < 4.78 is 5.69. The summed E-state index contributed by atoms with van der Waals surface area (Å²) in [6, 6.07) is 12.0. The van der Waals surface area contributed by atoms with Crippen molar-refractivity contribution in [1.82, 2.24) is 0 Å². The number of amides is 1. The maximum atomic E-state index is 12.4. The van der Waals surface area contributed by atoms with Crippen molar-refractivity contribution in [1.29, 1.82) is 0 Å². The largest absolute Gasteiger partial charge is 0.492 e. The lowest BCUT2D eigenvalue weighted by Gasteiger charge is -2.13. The van der Waals surface area contributed by atoms with E-state index in [1.807, 2.05) is 6.07 Å². The van der Waals surface area contributed by atoms with Gasteiger partial charge in [-0.15, -0.1) is 0 Å². The smallest absolute Gasteiger partial charge is 0.259 e. The molecule has 0 aromatic heterocycles. The van der Waals surface area contributed by atoms with Gasteiger partial charge in [-0.3, -0.25) is 4.79 Å². The van der Waals surface area contributed by atoms with E-state index in [4.69, 9.17) is 27.9 Å². The van der Waals surface area contributed by atoms with E-state index < -0.39 is 0 Å². The van der Waals surface area contributed by atoms with Crippen molar-refractivity contribution in [3.05, 3.63) is 58.1 Å². The Hall–Kier alpha value is -1.71. The molecule has 0 atom stereocenters. The van der Waals surface area contributed by atoms with Crippen LogP contribution < -0.4 is 10.1 Å². The molecule has 5 heteroatoms. The summed E-state index contributed by atoms with van der Waals surface area (Å²) >= 11 is 11.9. The van der Waals surface area contributed by atoms with E-state index >= 15 is 0 Å². The highest BCUT2D eigenvalue weighted by molar-refractivity contribution is 6.35. The van der Waals surface area contributed by atoms with Gasteiger partial charge in [0.15, 0.2) is 0 Å². The summed E-state index contributed by atoms with van der Waals surface area (Å²) in [6.45, 7) is 4.65. The quantitative estimate of drug-likeness (QED) is 0.805. The number of anilines is 1. The summed E-state index contributed by atoms with van der Waals surface area (Å²) in [5, 5.41) is 3.71. The minimum Gasteiger partial charge on any atom is -0.492 e. The second kappa shape index (κ2) is 7.52. The zero-order valence-electron chi connectivity index (χ0n) is 12.4. The number of para-hydroxylation sites is 1. The van der Waals surface area contributed by atoms with Crippen molar-refractivity contribution in [2.45, 2.75) is 13.8 Å². The first-order chi connectivity index (χ1) is 10.5. The minimum atomic E-state index is -0.266. The van der Waals surface area contributed by atoms with E-state index in [9.17, 15) is 4.79 Å². The number of carbonyl (C=O) groups excluding carboxylic acids is 1. The molecule has 0 bridgehead atoms. The Morgan fingerprint density at radius 2 is 1.77 bits per heavy atom. The Labute approximate surface area is 140 Å². The Bertz CT molecular complexity index is 651. The number of hydrogen-bond donors (Lipinski definition) is 1. The van der Waals surface area contributed by atoms with Crippen LogP contribution in [0.2, 0.25) is 10.0 Å². The molecular weight excluding hydrogens is 321 g/mol. The van der Waals surface area contributed by atoms with E-state index in [0.717, 1.165) is 0 Å². The number of nitrogens with one attached hydrogen (secondary N) is 1. The summed E-state index contributed by atoms with van der Waals surface area (Å²) in [6.07, 6.45) is 0. The van der Waals surface area contributed by atoms with Crippen LogP contribution in [0.1, 0.15) is 24.2 Å². The molecule has 0 saturated heterocycles. The molecule has 0 fully saturated rings. The normalized spacial score (nSPS) is 10.6. The Balaban J connectivity index is 2.18. The third-order valence-electron chi connectivity index (χ3n) is 2.82. The number of ether oxygens (including phenoxy) is 1. The topological polar surface area (TPSA) is 38.3 Å². The standard InChI is InChI=1S/C17H17Cl2NO2/c1-11(2)10-22-16-6-4-3-5-15(16)17(21)20-14-8-12(18)7-13(19)9-14/h3-9,11H,10H2,1-2H3,(H,20,21). The molecule has 0 saturated carbocycles. The zero-order chi connectivity index (χ0) is 16.1. The van der Waals surface area contributed by atoms with E-state index in [1.165, 1.54) is 0 Å². The summed E-state index contributed by atoms with van der Waals surface area (Å²) in [7, 11) is 0.